The molecule has 114 valence electrons. The quantitative estimate of drug-likeness (QED) is 0.771. The second-order valence-corrected chi connectivity index (χ2v) is 4.81. The summed E-state index contributed by atoms with van der Waals surface area (Å²) in [6.45, 7) is 3.57. The molecule has 6 heteroatoms. The molecule has 0 radical (unpaired) electrons. The molecule has 0 aliphatic rings. The number of benzene rings is 1. The molecule has 20 heavy (non-hydrogen) atoms. The molecule has 1 atom stereocenters. The third-order valence-electron chi connectivity index (χ3n) is 2.67. The summed E-state index contributed by atoms with van der Waals surface area (Å²) in [4.78, 5) is 0. The molecule has 0 aromatic heterocycles. The molecule has 0 saturated carbocycles. The minimum Gasteiger partial charge on any atom is -0.372 e. The Balaban J connectivity index is 2.68. The molecule has 1 aromatic rings. The van der Waals surface area contributed by atoms with Gasteiger partial charge in [-0.25, -0.2) is 4.39 Å². The van der Waals surface area contributed by atoms with Gasteiger partial charge in [-0.3, -0.25) is 0 Å². The lowest BCUT2D eigenvalue weighted by molar-refractivity contribution is -0.149. The van der Waals surface area contributed by atoms with E-state index in [-0.39, 0.29) is 18.2 Å². The first kappa shape index (κ1) is 16.9. The molecule has 1 unspecified atom stereocenters. The van der Waals surface area contributed by atoms with Gasteiger partial charge in [0.25, 0.3) is 0 Å². The summed E-state index contributed by atoms with van der Waals surface area (Å²) in [6.07, 6.45) is -6.05. The highest BCUT2D eigenvalue weighted by atomic mass is 19.4. The smallest absolute Gasteiger partial charge is 0.372 e. The van der Waals surface area contributed by atoms with E-state index in [0.29, 0.717) is 0 Å². The van der Waals surface area contributed by atoms with Crippen LogP contribution in [0.4, 0.5) is 17.6 Å². The maximum atomic E-state index is 13.7. The first-order valence-corrected chi connectivity index (χ1v) is 6.46. The molecule has 0 saturated heterocycles. The van der Waals surface area contributed by atoms with E-state index in [1.807, 2.05) is 13.8 Å². The van der Waals surface area contributed by atoms with Gasteiger partial charge in [0, 0.05) is 18.2 Å². The SMILES string of the molecule is CC(C)NCC(OCCC(F)(F)F)c1ccccc1F. The zero-order valence-corrected chi connectivity index (χ0v) is 11.5. The predicted molar refractivity (Wildman–Crippen MR) is 68.9 cm³/mol. The lowest BCUT2D eigenvalue weighted by Crippen LogP contribution is -2.30. The number of hydrogen-bond donors (Lipinski definition) is 1. The summed E-state index contributed by atoms with van der Waals surface area (Å²) in [6, 6.07) is 6.09. The Morgan fingerprint density at radius 1 is 1.20 bits per heavy atom. The van der Waals surface area contributed by atoms with Crippen LogP contribution in [0.15, 0.2) is 24.3 Å². The summed E-state index contributed by atoms with van der Waals surface area (Å²) >= 11 is 0. The Bertz CT molecular complexity index is 406. The summed E-state index contributed by atoms with van der Waals surface area (Å²) in [5.41, 5.74) is 0.267. The van der Waals surface area contributed by atoms with E-state index in [4.69, 9.17) is 4.74 Å². The zero-order chi connectivity index (χ0) is 15.2. The topological polar surface area (TPSA) is 21.3 Å². The van der Waals surface area contributed by atoms with Crippen molar-refractivity contribution in [3.63, 3.8) is 0 Å². The van der Waals surface area contributed by atoms with E-state index in [0.717, 1.165) is 0 Å². The minimum absolute atomic E-state index is 0.135. The number of rotatable bonds is 7. The van der Waals surface area contributed by atoms with Crippen LogP contribution >= 0.6 is 0 Å². The van der Waals surface area contributed by atoms with Crippen LogP contribution in [0.1, 0.15) is 31.9 Å². The normalized spacial score (nSPS) is 13.8. The van der Waals surface area contributed by atoms with Crippen LogP contribution < -0.4 is 5.32 Å². The van der Waals surface area contributed by atoms with Gasteiger partial charge in [0.1, 0.15) is 5.82 Å². The van der Waals surface area contributed by atoms with Crippen LogP contribution in [-0.2, 0) is 4.74 Å². The average molecular weight is 293 g/mol. The minimum atomic E-state index is -4.27. The number of nitrogens with one attached hydrogen (secondary N) is 1. The van der Waals surface area contributed by atoms with Crippen molar-refractivity contribution < 1.29 is 22.3 Å². The molecule has 1 N–H and O–H groups in total. The molecule has 0 fully saturated rings. The lowest BCUT2D eigenvalue weighted by Gasteiger charge is -2.21. The fourth-order valence-corrected chi connectivity index (χ4v) is 1.65. The molecule has 0 heterocycles. The van der Waals surface area contributed by atoms with Crippen LogP contribution in [0.3, 0.4) is 0 Å². The van der Waals surface area contributed by atoms with Gasteiger partial charge in [0.15, 0.2) is 0 Å². The van der Waals surface area contributed by atoms with E-state index in [9.17, 15) is 17.6 Å². The van der Waals surface area contributed by atoms with Gasteiger partial charge >= 0.3 is 6.18 Å². The molecule has 0 aliphatic heterocycles. The first-order valence-electron chi connectivity index (χ1n) is 6.46. The standard InChI is InChI=1S/C14H19F4NO/c1-10(2)19-9-13(20-8-7-14(16,17)18)11-5-3-4-6-12(11)15/h3-6,10,13,19H,7-9H2,1-2H3. The van der Waals surface area contributed by atoms with Crippen molar-refractivity contribution in [2.45, 2.75) is 38.6 Å². The zero-order valence-electron chi connectivity index (χ0n) is 11.5. The van der Waals surface area contributed by atoms with Gasteiger partial charge in [-0.05, 0) is 6.07 Å². The molecule has 1 aromatic carbocycles. The largest absolute Gasteiger partial charge is 0.391 e. The van der Waals surface area contributed by atoms with Crippen molar-refractivity contribution in [1.82, 2.24) is 5.32 Å². The fourth-order valence-electron chi connectivity index (χ4n) is 1.65. The first-order chi connectivity index (χ1) is 9.29. The van der Waals surface area contributed by atoms with Crippen LogP contribution in [-0.4, -0.2) is 25.4 Å². The maximum Gasteiger partial charge on any atom is 0.391 e. The van der Waals surface area contributed by atoms with Crippen LogP contribution in [0.5, 0.6) is 0 Å². The molecule has 0 amide bonds. The van der Waals surface area contributed by atoms with Gasteiger partial charge < -0.3 is 10.1 Å². The number of hydrogen-bond acceptors (Lipinski definition) is 2. The Morgan fingerprint density at radius 3 is 2.40 bits per heavy atom. The number of ether oxygens (including phenoxy) is 1. The molecular formula is C14H19F4NO. The van der Waals surface area contributed by atoms with Gasteiger partial charge in [-0.1, -0.05) is 32.0 Å². The van der Waals surface area contributed by atoms with Gasteiger partial charge in [-0.15, -0.1) is 0 Å². The maximum absolute atomic E-state index is 13.7. The Hall–Kier alpha value is -1.14. The van der Waals surface area contributed by atoms with E-state index in [1.54, 1.807) is 6.07 Å². The second kappa shape index (κ2) is 7.59. The molecule has 2 nitrogen and oxygen atoms in total. The molecular weight excluding hydrogens is 274 g/mol. The van der Waals surface area contributed by atoms with Crippen LogP contribution in [0.2, 0.25) is 0 Å². The number of halogens is 4. The van der Waals surface area contributed by atoms with Crippen molar-refractivity contribution in [2.24, 2.45) is 0 Å². The van der Waals surface area contributed by atoms with E-state index < -0.39 is 31.1 Å². The lowest BCUT2D eigenvalue weighted by atomic mass is 10.1. The van der Waals surface area contributed by atoms with Crippen molar-refractivity contribution in [1.29, 1.82) is 0 Å². The highest BCUT2D eigenvalue weighted by Gasteiger charge is 2.27. The fraction of sp³-hybridized carbons (Fsp3) is 0.571. The van der Waals surface area contributed by atoms with Crippen molar-refractivity contribution in [3.8, 4) is 0 Å². The molecule has 0 bridgehead atoms. The van der Waals surface area contributed by atoms with E-state index in [2.05, 4.69) is 5.32 Å². The van der Waals surface area contributed by atoms with E-state index >= 15 is 0 Å². The third kappa shape index (κ3) is 6.34. The predicted octanol–water partition coefficient (Wildman–Crippen LogP) is 3.83. The van der Waals surface area contributed by atoms with E-state index in [1.165, 1.54) is 18.2 Å². The Labute approximate surface area is 116 Å². The second-order valence-electron chi connectivity index (χ2n) is 4.81. The highest BCUT2D eigenvalue weighted by Crippen LogP contribution is 2.24. The van der Waals surface area contributed by atoms with Gasteiger partial charge in [0.2, 0.25) is 0 Å². The summed E-state index contributed by atoms with van der Waals surface area (Å²) in [7, 11) is 0. The van der Waals surface area contributed by atoms with Crippen molar-refractivity contribution >= 4 is 0 Å². The van der Waals surface area contributed by atoms with Crippen LogP contribution in [0, 0.1) is 5.82 Å². The highest BCUT2D eigenvalue weighted by molar-refractivity contribution is 5.20. The summed E-state index contributed by atoms with van der Waals surface area (Å²) in [5, 5.41) is 3.05. The average Bonchev–Trinajstić information content (AvgIpc) is 2.33. The van der Waals surface area contributed by atoms with Gasteiger partial charge in [0.05, 0.1) is 19.1 Å². The summed E-state index contributed by atoms with van der Waals surface area (Å²) < 4.78 is 55.3. The Kier molecular flexibility index (Phi) is 6.42. The van der Waals surface area contributed by atoms with Crippen molar-refractivity contribution in [2.75, 3.05) is 13.2 Å². The van der Waals surface area contributed by atoms with Gasteiger partial charge in [-0.2, -0.15) is 13.2 Å². The molecule has 0 spiro atoms. The molecule has 0 aliphatic carbocycles. The Morgan fingerprint density at radius 2 is 1.85 bits per heavy atom. The molecule has 1 rings (SSSR count). The number of alkyl halides is 3. The van der Waals surface area contributed by atoms with Crippen LogP contribution in [0.25, 0.3) is 0 Å². The monoisotopic (exact) mass is 293 g/mol. The van der Waals surface area contributed by atoms with Crippen molar-refractivity contribution in [3.05, 3.63) is 35.6 Å². The third-order valence-corrected chi connectivity index (χ3v) is 2.67. The summed E-state index contributed by atoms with van der Waals surface area (Å²) in [5.74, 6) is -0.477.